The van der Waals surface area contributed by atoms with Gasteiger partial charge in [0.25, 0.3) is 0 Å². The fourth-order valence-corrected chi connectivity index (χ4v) is 1.51. The molecular weight excluding hydrogens is 240 g/mol. The van der Waals surface area contributed by atoms with E-state index in [-0.39, 0.29) is 4.47 Å². The van der Waals surface area contributed by atoms with Gasteiger partial charge in [-0.3, -0.25) is 0 Å². The Morgan fingerprint density at radius 1 is 1.46 bits per heavy atom. The van der Waals surface area contributed by atoms with Crippen LogP contribution in [0.4, 0.5) is 8.78 Å². The van der Waals surface area contributed by atoms with Crippen LogP contribution < -0.4 is 5.73 Å². The molecule has 13 heavy (non-hydrogen) atoms. The Labute approximate surface area is 83.4 Å². The normalized spacial score (nSPS) is 12.6. The topological polar surface area (TPSA) is 26.0 Å². The Balaban J connectivity index is 3.25. The molecule has 1 aromatic rings. The van der Waals surface area contributed by atoms with Crippen LogP contribution in [0.1, 0.15) is 11.6 Å². The maximum absolute atomic E-state index is 13.0. The van der Waals surface area contributed by atoms with Crippen LogP contribution in [0.5, 0.6) is 0 Å². The van der Waals surface area contributed by atoms with E-state index in [0.29, 0.717) is 5.56 Å². The van der Waals surface area contributed by atoms with E-state index in [4.69, 9.17) is 5.73 Å². The summed E-state index contributed by atoms with van der Waals surface area (Å²) in [5.41, 5.74) is 6.06. The summed E-state index contributed by atoms with van der Waals surface area (Å²) >= 11 is 2.93. The Morgan fingerprint density at radius 3 is 2.62 bits per heavy atom. The van der Waals surface area contributed by atoms with Crippen LogP contribution in [0.25, 0.3) is 0 Å². The van der Waals surface area contributed by atoms with Crippen molar-refractivity contribution >= 4 is 15.9 Å². The van der Waals surface area contributed by atoms with Crippen LogP contribution in [-0.2, 0) is 0 Å². The lowest BCUT2D eigenvalue weighted by molar-refractivity contribution is 0.501. The minimum Gasteiger partial charge on any atom is -0.321 e. The van der Waals surface area contributed by atoms with Gasteiger partial charge in [-0.25, -0.2) is 8.78 Å². The molecule has 2 N–H and O–H groups in total. The molecular formula is C9H8BrF2N. The van der Waals surface area contributed by atoms with Gasteiger partial charge >= 0.3 is 0 Å². The van der Waals surface area contributed by atoms with E-state index in [1.54, 1.807) is 0 Å². The second-order valence-corrected chi connectivity index (χ2v) is 3.32. The van der Waals surface area contributed by atoms with Crippen molar-refractivity contribution in [2.75, 3.05) is 0 Å². The third-order valence-corrected chi connectivity index (χ3v) is 2.48. The molecule has 70 valence electrons. The molecule has 0 aromatic heterocycles. The van der Waals surface area contributed by atoms with Crippen LogP contribution in [0.2, 0.25) is 0 Å². The predicted molar refractivity (Wildman–Crippen MR) is 51.2 cm³/mol. The molecule has 0 aliphatic rings. The number of halogens is 3. The molecule has 0 amide bonds. The lowest BCUT2D eigenvalue weighted by atomic mass is 10.1. The van der Waals surface area contributed by atoms with Crippen molar-refractivity contribution in [3.63, 3.8) is 0 Å². The summed E-state index contributed by atoms with van der Waals surface area (Å²) < 4.78 is 25.7. The molecule has 0 fully saturated rings. The van der Waals surface area contributed by atoms with Crippen LogP contribution in [-0.4, -0.2) is 0 Å². The van der Waals surface area contributed by atoms with Gasteiger partial charge in [-0.05, 0) is 27.6 Å². The maximum Gasteiger partial charge on any atom is 0.173 e. The molecule has 0 saturated heterocycles. The summed E-state index contributed by atoms with van der Waals surface area (Å²) in [6.07, 6.45) is 1.46. The molecule has 0 bridgehead atoms. The molecule has 0 aliphatic carbocycles. The summed E-state index contributed by atoms with van der Waals surface area (Å²) in [5, 5.41) is 0. The van der Waals surface area contributed by atoms with Crippen molar-refractivity contribution in [2.24, 2.45) is 5.73 Å². The Bertz CT molecular complexity index is 339. The van der Waals surface area contributed by atoms with Crippen molar-refractivity contribution in [3.05, 3.63) is 46.5 Å². The van der Waals surface area contributed by atoms with E-state index in [0.717, 1.165) is 6.07 Å². The molecule has 0 spiro atoms. The second-order valence-electron chi connectivity index (χ2n) is 2.53. The minimum atomic E-state index is -0.921. The van der Waals surface area contributed by atoms with Gasteiger partial charge in [-0.15, -0.1) is 6.58 Å². The zero-order chi connectivity index (χ0) is 10.0. The van der Waals surface area contributed by atoms with E-state index in [1.165, 1.54) is 12.1 Å². The molecule has 1 nitrogen and oxygen atoms in total. The van der Waals surface area contributed by atoms with E-state index in [9.17, 15) is 8.78 Å². The van der Waals surface area contributed by atoms with Gasteiger partial charge in [0.05, 0.1) is 4.47 Å². The van der Waals surface area contributed by atoms with Crippen LogP contribution >= 0.6 is 15.9 Å². The van der Waals surface area contributed by atoms with E-state index >= 15 is 0 Å². The molecule has 0 aliphatic heterocycles. The Hall–Kier alpha value is -0.740. The third-order valence-electron chi connectivity index (χ3n) is 1.68. The Morgan fingerprint density at radius 2 is 2.08 bits per heavy atom. The monoisotopic (exact) mass is 247 g/mol. The fraction of sp³-hybridized carbons (Fsp3) is 0.111. The van der Waals surface area contributed by atoms with Crippen molar-refractivity contribution in [1.82, 2.24) is 0 Å². The average molecular weight is 248 g/mol. The fourth-order valence-electron chi connectivity index (χ4n) is 0.925. The number of rotatable bonds is 2. The highest BCUT2D eigenvalue weighted by molar-refractivity contribution is 9.10. The molecule has 0 saturated carbocycles. The van der Waals surface area contributed by atoms with Gasteiger partial charge in [-0.2, -0.15) is 0 Å². The molecule has 0 unspecified atom stereocenters. The maximum atomic E-state index is 13.0. The van der Waals surface area contributed by atoms with E-state index in [2.05, 4.69) is 22.5 Å². The number of hydrogen-bond donors (Lipinski definition) is 1. The summed E-state index contributed by atoms with van der Waals surface area (Å²) in [7, 11) is 0. The Kier molecular flexibility index (Phi) is 3.17. The lowest BCUT2D eigenvalue weighted by Gasteiger charge is -2.09. The first-order valence-electron chi connectivity index (χ1n) is 3.59. The molecule has 0 radical (unpaired) electrons. The van der Waals surface area contributed by atoms with Crippen molar-refractivity contribution in [2.45, 2.75) is 6.04 Å². The number of benzene rings is 1. The highest BCUT2D eigenvalue weighted by Crippen LogP contribution is 2.27. The summed E-state index contributed by atoms with van der Waals surface area (Å²) in [5.74, 6) is -1.82. The molecule has 4 heteroatoms. The van der Waals surface area contributed by atoms with Gasteiger partial charge < -0.3 is 5.73 Å². The number of hydrogen-bond acceptors (Lipinski definition) is 1. The molecule has 1 atom stereocenters. The molecule has 1 rings (SSSR count). The zero-order valence-corrected chi connectivity index (χ0v) is 8.31. The van der Waals surface area contributed by atoms with Gasteiger partial charge in [0.15, 0.2) is 11.6 Å². The average Bonchev–Trinajstić information content (AvgIpc) is 2.13. The smallest absolute Gasteiger partial charge is 0.173 e. The van der Waals surface area contributed by atoms with Crippen LogP contribution in [0, 0.1) is 11.6 Å². The first kappa shape index (κ1) is 10.3. The quantitative estimate of drug-likeness (QED) is 0.632. The molecule has 1 aromatic carbocycles. The predicted octanol–water partition coefficient (Wildman–Crippen LogP) is 2.91. The summed E-state index contributed by atoms with van der Waals surface area (Å²) in [6.45, 7) is 3.47. The highest BCUT2D eigenvalue weighted by Gasteiger charge is 2.13. The largest absolute Gasteiger partial charge is 0.321 e. The third kappa shape index (κ3) is 1.95. The minimum absolute atomic E-state index is 0.0555. The van der Waals surface area contributed by atoms with Crippen molar-refractivity contribution in [3.8, 4) is 0 Å². The lowest BCUT2D eigenvalue weighted by Crippen LogP contribution is -2.08. The van der Waals surface area contributed by atoms with Crippen LogP contribution in [0.3, 0.4) is 0 Å². The van der Waals surface area contributed by atoms with Crippen molar-refractivity contribution in [1.29, 1.82) is 0 Å². The van der Waals surface area contributed by atoms with Gasteiger partial charge in [0.1, 0.15) is 0 Å². The molecule has 0 heterocycles. The first-order valence-corrected chi connectivity index (χ1v) is 4.38. The SMILES string of the molecule is C=C[C@@H](N)c1ccc(F)c(F)c1Br. The van der Waals surface area contributed by atoms with E-state index in [1.807, 2.05) is 0 Å². The standard InChI is InChI=1S/C9H8BrF2N/c1-2-7(13)5-3-4-6(11)9(12)8(5)10/h2-4,7H,1,13H2/t7-/m1/s1. The summed E-state index contributed by atoms with van der Waals surface area (Å²) in [6, 6.07) is 1.97. The highest BCUT2D eigenvalue weighted by atomic mass is 79.9. The van der Waals surface area contributed by atoms with E-state index < -0.39 is 17.7 Å². The zero-order valence-electron chi connectivity index (χ0n) is 6.73. The first-order chi connectivity index (χ1) is 6.07. The number of nitrogens with two attached hydrogens (primary N) is 1. The van der Waals surface area contributed by atoms with Gasteiger partial charge in [0, 0.05) is 6.04 Å². The van der Waals surface area contributed by atoms with Gasteiger partial charge in [-0.1, -0.05) is 12.1 Å². The van der Waals surface area contributed by atoms with Gasteiger partial charge in [0.2, 0.25) is 0 Å². The summed E-state index contributed by atoms with van der Waals surface area (Å²) in [4.78, 5) is 0. The van der Waals surface area contributed by atoms with Crippen molar-refractivity contribution < 1.29 is 8.78 Å². The van der Waals surface area contributed by atoms with Crippen LogP contribution in [0.15, 0.2) is 29.3 Å². The second kappa shape index (κ2) is 3.98.